The van der Waals surface area contributed by atoms with Crippen LogP contribution in [0.1, 0.15) is 26.7 Å². The maximum absolute atomic E-state index is 6.21. The minimum absolute atomic E-state index is 0.00887. The van der Waals surface area contributed by atoms with Crippen LogP contribution in [0.2, 0.25) is 0 Å². The van der Waals surface area contributed by atoms with E-state index in [1.807, 2.05) is 19.9 Å². The monoisotopic (exact) mass is 257 g/mol. The van der Waals surface area contributed by atoms with E-state index in [4.69, 9.17) is 24.7 Å². The molecule has 5 nitrogen and oxygen atoms in total. The SMILES string of the molecule is CCOCOC1=CC(OCC2CO2)CC(C)(N)C1. The molecule has 2 N–H and O–H groups in total. The molecule has 2 rings (SSSR count). The Bertz CT molecular complexity index is 299. The van der Waals surface area contributed by atoms with E-state index in [0.717, 1.165) is 25.2 Å². The second-order valence-electron chi connectivity index (χ2n) is 5.25. The lowest BCUT2D eigenvalue weighted by atomic mass is 9.86. The molecule has 1 fully saturated rings. The lowest BCUT2D eigenvalue weighted by Gasteiger charge is -2.33. The summed E-state index contributed by atoms with van der Waals surface area (Å²) < 4.78 is 21.6. The standard InChI is InChI=1S/C13H23NO4/c1-3-15-9-18-11-4-10(5-13(2,14)6-11)16-7-12-8-17-12/h4,10,12H,3,5-9,14H2,1-2H3. The molecular formula is C13H23NO4. The second kappa shape index (κ2) is 6.02. The molecule has 0 aromatic rings. The molecule has 0 amide bonds. The van der Waals surface area contributed by atoms with Gasteiger partial charge in [0.1, 0.15) is 6.10 Å². The molecular weight excluding hydrogens is 234 g/mol. The summed E-state index contributed by atoms with van der Waals surface area (Å²) in [6.07, 6.45) is 3.82. The Kier molecular flexibility index (Phi) is 4.61. The van der Waals surface area contributed by atoms with Crippen molar-refractivity contribution in [2.45, 2.75) is 44.4 Å². The lowest BCUT2D eigenvalue weighted by molar-refractivity contribution is -0.0314. The first-order valence-electron chi connectivity index (χ1n) is 6.52. The average molecular weight is 257 g/mol. The van der Waals surface area contributed by atoms with Gasteiger partial charge < -0.3 is 24.7 Å². The number of epoxide rings is 1. The predicted octanol–water partition coefficient (Wildman–Crippen LogP) is 1.18. The highest BCUT2D eigenvalue weighted by Crippen LogP contribution is 2.28. The number of hydrogen-bond acceptors (Lipinski definition) is 5. The fraction of sp³-hybridized carbons (Fsp3) is 0.846. The van der Waals surface area contributed by atoms with Gasteiger partial charge in [-0.25, -0.2) is 0 Å². The molecule has 0 spiro atoms. The highest BCUT2D eigenvalue weighted by molar-refractivity contribution is 5.11. The van der Waals surface area contributed by atoms with Crippen LogP contribution in [0.4, 0.5) is 0 Å². The van der Waals surface area contributed by atoms with Gasteiger partial charge in [-0.2, -0.15) is 0 Å². The predicted molar refractivity (Wildman–Crippen MR) is 67.0 cm³/mol. The van der Waals surface area contributed by atoms with Gasteiger partial charge in [-0.1, -0.05) is 0 Å². The fourth-order valence-corrected chi connectivity index (χ4v) is 2.06. The summed E-state index contributed by atoms with van der Waals surface area (Å²) in [6, 6.07) is 0. The number of rotatable bonds is 7. The molecule has 3 unspecified atom stereocenters. The normalized spacial score (nSPS) is 35.2. The number of nitrogens with two attached hydrogens (primary N) is 1. The van der Waals surface area contributed by atoms with Gasteiger partial charge >= 0.3 is 0 Å². The van der Waals surface area contributed by atoms with Crippen LogP contribution in [0.5, 0.6) is 0 Å². The smallest absolute Gasteiger partial charge is 0.188 e. The summed E-state index contributed by atoms with van der Waals surface area (Å²) in [5, 5.41) is 0. The molecule has 1 aliphatic heterocycles. The largest absolute Gasteiger partial charge is 0.472 e. The maximum Gasteiger partial charge on any atom is 0.188 e. The van der Waals surface area contributed by atoms with Crippen LogP contribution >= 0.6 is 0 Å². The molecule has 1 saturated heterocycles. The van der Waals surface area contributed by atoms with E-state index in [-0.39, 0.29) is 24.5 Å². The van der Waals surface area contributed by atoms with Gasteiger partial charge in [-0.3, -0.25) is 0 Å². The summed E-state index contributed by atoms with van der Waals surface area (Å²) >= 11 is 0. The van der Waals surface area contributed by atoms with Crippen molar-refractivity contribution in [1.82, 2.24) is 0 Å². The molecule has 3 atom stereocenters. The summed E-state index contributed by atoms with van der Waals surface area (Å²) in [7, 11) is 0. The highest BCUT2D eigenvalue weighted by Gasteiger charge is 2.32. The zero-order valence-corrected chi connectivity index (χ0v) is 11.2. The van der Waals surface area contributed by atoms with E-state index in [1.165, 1.54) is 0 Å². The van der Waals surface area contributed by atoms with Crippen LogP contribution in [0.15, 0.2) is 11.8 Å². The number of hydrogen-bond donors (Lipinski definition) is 1. The molecule has 0 saturated carbocycles. The first kappa shape index (κ1) is 13.8. The van der Waals surface area contributed by atoms with Crippen molar-refractivity contribution in [2.24, 2.45) is 5.73 Å². The Balaban J connectivity index is 1.84. The third kappa shape index (κ3) is 4.57. The lowest BCUT2D eigenvalue weighted by Crippen LogP contribution is -2.43. The molecule has 1 heterocycles. The number of ether oxygens (including phenoxy) is 4. The van der Waals surface area contributed by atoms with Gasteiger partial charge in [-0.05, 0) is 26.3 Å². The molecule has 104 valence electrons. The first-order chi connectivity index (χ1) is 8.59. The Hall–Kier alpha value is -0.620. The van der Waals surface area contributed by atoms with E-state index in [0.29, 0.717) is 13.2 Å². The van der Waals surface area contributed by atoms with E-state index in [1.54, 1.807) is 0 Å². The Morgan fingerprint density at radius 3 is 3.00 bits per heavy atom. The quantitative estimate of drug-likeness (QED) is 0.421. The Morgan fingerprint density at radius 1 is 1.56 bits per heavy atom. The first-order valence-corrected chi connectivity index (χ1v) is 6.52. The van der Waals surface area contributed by atoms with E-state index in [2.05, 4.69) is 0 Å². The summed E-state index contributed by atoms with van der Waals surface area (Å²) in [5.74, 6) is 0.862. The minimum atomic E-state index is -0.286. The molecule has 0 aromatic heterocycles. The minimum Gasteiger partial charge on any atom is -0.472 e. The van der Waals surface area contributed by atoms with Crippen molar-refractivity contribution < 1.29 is 18.9 Å². The van der Waals surface area contributed by atoms with Gasteiger partial charge in [-0.15, -0.1) is 0 Å². The van der Waals surface area contributed by atoms with Crippen molar-refractivity contribution in [3.8, 4) is 0 Å². The summed E-state index contributed by atoms with van der Waals surface area (Å²) in [6.45, 7) is 6.32. The summed E-state index contributed by atoms with van der Waals surface area (Å²) in [4.78, 5) is 0. The Labute approximate surface area is 108 Å². The van der Waals surface area contributed by atoms with Crippen LogP contribution in [0.25, 0.3) is 0 Å². The molecule has 2 aliphatic rings. The molecule has 18 heavy (non-hydrogen) atoms. The van der Waals surface area contributed by atoms with Crippen molar-refractivity contribution in [3.05, 3.63) is 11.8 Å². The maximum atomic E-state index is 6.21. The topological polar surface area (TPSA) is 66.2 Å². The van der Waals surface area contributed by atoms with E-state index in [9.17, 15) is 0 Å². The highest BCUT2D eigenvalue weighted by atomic mass is 16.7. The zero-order valence-electron chi connectivity index (χ0n) is 11.2. The summed E-state index contributed by atoms with van der Waals surface area (Å²) in [5.41, 5.74) is 5.93. The van der Waals surface area contributed by atoms with Crippen LogP contribution in [-0.2, 0) is 18.9 Å². The molecule has 0 aromatic carbocycles. The van der Waals surface area contributed by atoms with Gasteiger partial charge in [0, 0.05) is 18.6 Å². The van der Waals surface area contributed by atoms with Gasteiger partial charge in [0.25, 0.3) is 0 Å². The van der Waals surface area contributed by atoms with Gasteiger partial charge in [0.05, 0.1) is 25.1 Å². The van der Waals surface area contributed by atoms with Crippen LogP contribution < -0.4 is 5.73 Å². The van der Waals surface area contributed by atoms with E-state index >= 15 is 0 Å². The molecule has 1 aliphatic carbocycles. The van der Waals surface area contributed by atoms with Crippen molar-refractivity contribution >= 4 is 0 Å². The van der Waals surface area contributed by atoms with Crippen LogP contribution in [-0.4, -0.2) is 44.4 Å². The second-order valence-corrected chi connectivity index (χ2v) is 5.25. The zero-order chi connectivity index (χ0) is 13.0. The van der Waals surface area contributed by atoms with Crippen LogP contribution in [0, 0.1) is 0 Å². The Morgan fingerprint density at radius 2 is 2.33 bits per heavy atom. The van der Waals surface area contributed by atoms with Crippen molar-refractivity contribution in [1.29, 1.82) is 0 Å². The average Bonchev–Trinajstić information content (AvgIpc) is 3.08. The molecule has 5 heteroatoms. The van der Waals surface area contributed by atoms with E-state index < -0.39 is 0 Å². The van der Waals surface area contributed by atoms with Gasteiger partial charge in [0.15, 0.2) is 6.79 Å². The third-order valence-electron chi connectivity index (χ3n) is 3.05. The van der Waals surface area contributed by atoms with Crippen LogP contribution in [0.3, 0.4) is 0 Å². The van der Waals surface area contributed by atoms with Crippen molar-refractivity contribution in [2.75, 3.05) is 26.6 Å². The van der Waals surface area contributed by atoms with Gasteiger partial charge in [0.2, 0.25) is 0 Å². The molecule has 0 bridgehead atoms. The van der Waals surface area contributed by atoms with Crippen molar-refractivity contribution in [3.63, 3.8) is 0 Å². The third-order valence-corrected chi connectivity index (χ3v) is 3.05. The fourth-order valence-electron chi connectivity index (χ4n) is 2.06. The molecule has 0 radical (unpaired) electrons.